The van der Waals surface area contributed by atoms with Gasteiger partial charge in [0.1, 0.15) is 11.6 Å². The summed E-state index contributed by atoms with van der Waals surface area (Å²) in [4.78, 5) is 16.6. The Kier molecular flexibility index (Phi) is 5.15. The van der Waals surface area contributed by atoms with Gasteiger partial charge in [0.05, 0.1) is 12.1 Å². The van der Waals surface area contributed by atoms with Crippen molar-refractivity contribution in [3.63, 3.8) is 0 Å². The normalized spacial score (nSPS) is 29.1. The van der Waals surface area contributed by atoms with Crippen LogP contribution in [-0.4, -0.2) is 52.6 Å². The van der Waals surface area contributed by atoms with Crippen molar-refractivity contribution in [1.29, 1.82) is 0 Å². The molecule has 0 bridgehead atoms. The molecular weight excluding hydrogens is 314 g/mol. The third-order valence-corrected chi connectivity index (χ3v) is 5.21. The fourth-order valence-corrected chi connectivity index (χ4v) is 3.72. The minimum Gasteiger partial charge on any atom is -0.393 e. The van der Waals surface area contributed by atoms with Crippen molar-refractivity contribution >= 4 is 5.91 Å². The SMILES string of the molecule is CC1CN(C2CCCN(Cc3ccc(F)cc3F)C2=O)CCC1O. The molecule has 4 nitrogen and oxygen atoms in total. The van der Waals surface area contributed by atoms with Crippen LogP contribution in [0.3, 0.4) is 0 Å². The molecule has 3 atom stereocenters. The van der Waals surface area contributed by atoms with E-state index in [1.807, 2.05) is 6.92 Å². The van der Waals surface area contributed by atoms with Gasteiger partial charge >= 0.3 is 0 Å². The summed E-state index contributed by atoms with van der Waals surface area (Å²) in [7, 11) is 0. The van der Waals surface area contributed by atoms with E-state index >= 15 is 0 Å². The molecule has 2 aliphatic heterocycles. The average Bonchev–Trinajstić information content (AvgIpc) is 2.54. The lowest BCUT2D eigenvalue weighted by molar-refractivity contribution is -0.142. The lowest BCUT2D eigenvalue weighted by Crippen LogP contribution is -2.56. The van der Waals surface area contributed by atoms with Gasteiger partial charge in [0, 0.05) is 37.8 Å². The summed E-state index contributed by atoms with van der Waals surface area (Å²) < 4.78 is 26.9. The summed E-state index contributed by atoms with van der Waals surface area (Å²) >= 11 is 0. The van der Waals surface area contributed by atoms with Crippen molar-refractivity contribution in [2.45, 2.75) is 44.9 Å². The van der Waals surface area contributed by atoms with Crippen LogP contribution in [-0.2, 0) is 11.3 Å². The summed E-state index contributed by atoms with van der Waals surface area (Å²) in [5, 5.41) is 9.87. The van der Waals surface area contributed by atoms with E-state index in [-0.39, 0.29) is 30.5 Å². The Morgan fingerprint density at radius 1 is 1.25 bits per heavy atom. The predicted molar refractivity (Wildman–Crippen MR) is 86.2 cm³/mol. The van der Waals surface area contributed by atoms with Crippen molar-refractivity contribution in [1.82, 2.24) is 9.80 Å². The maximum atomic E-state index is 13.9. The molecule has 2 saturated heterocycles. The van der Waals surface area contributed by atoms with Crippen LogP contribution in [0.1, 0.15) is 31.7 Å². The number of hydrogen-bond acceptors (Lipinski definition) is 3. The van der Waals surface area contributed by atoms with Crippen molar-refractivity contribution in [3.05, 3.63) is 35.4 Å². The number of nitrogens with zero attached hydrogens (tertiary/aromatic N) is 2. The quantitative estimate of drug-likeness (QED) is 0.918. The maximum Gasteiger partial charge on any atom is 0.240 e. The van der Waals surface area contributed by atoms with Crippen LogP contribution >= 0.6 is 0 Å². The highest BCUT2D eigenvalue weighted by Gasteiger charge is 2.36. The van der Waals surface area contributed by atoms with Gasteiger partial charge in [0.2, 0.25) is 5.91 Å². The Morgan fingerprint density at radius 2 is 2.04 bits per heavy atom. The average molecular weight is 338 g/mol. The van der Waals surface area contributed by atoms with Gasteiger partial charge in [-0.2, -0.15) is 0 Å². The fourth-order valence-electron chi connectivity index (χ4n) is 3.72. The standard InChI is InChI=1S/C18H24F2N2O2/c1-12-10-21(8-6-17(12)23)16-3-2-7-22(18(16)24)11-13-4-5-14(19)9-15(13)20/h4-5,9,12,16-17,23H,2-3,6-8,10-11H2,1H3. The summed E-state index contributed by atoms with van der Waals surface area (Å²) in [6, 6.07) is 3.28. The number of aliphatic hydroxyl groups excluding tert-OH is 1. The highest BCUT2D eigenvalue weighted by atomic mass is 19.1. The van der Waals surface area contributed by atoms with Crippen LogP contribution < -0.4 is 0 Å². The minimum atomic E-state index is -0.611. The number of carbonyl (C=O) groups excluding carboxylic acids is 1. The van der Waals surface area contributed by atoms with Crippen LogP contribution in [0, 0.1) is 17.6 Å². The van der Waals surface area contributed by atoms with Gasteiger partial charge in [-0.1, -0.05) is 13.0 Å². The zero-order chi connectivity index (χ0) is 17.3. The van der Waals surface area contributed by atoms with E-state index in [1.54, 1.807) is 4.90 Å². The third kappa shape index (κ3) is 3.59. The molecular formula is C18H24F2N2O2. The second-order valence-corrected chi connectivity index (χ2v) is 6.98. The Morgan fingerprint density at radius 3 is 2.75 bits per heavy atom. The van der Waals surface area contributed by atoms with Crippen LogP contribution in [0.25, 0.3) is 0 Å². The van der Waals surface area contributed by atoms with Crippen molar-refractivity contribution in [2.75, 3.05) is 19.6 Å². The zero-order valence-electron chi connectivity index (χ0n) is 13.9. The molecule has 0 aromatic heterocycles. The molecule has 1 amide bonds. The molecule has 1 aromatic rings. The van der Waals surface area contributed by atoms with Crippen LogP contribution in [0.15, 0.2) is 18.2 Å². The molecule has 0 spiro atoms. The summed E-state index contributed by atoms with van der Waals surface area (Å²) in [5.74, 6) is -1.07. The number of halogens is 2. The molecule has 2 heterocycles. The monoisotopic (exact) mass is 338 g/mol. The summed E-state index contributed by atoms with van der Waals surface area (Å²) in [5.41, 5.74) is 0.341. The Labute approximate surface area is 141 Å². The molecule has 1 aromatic carbocycles. The van der Waals surface area contributed by atoms with E-state index in [9.17, 15) is 18.7 Å². The van der Waals surface area contributed by atoms with E-state index in [0.717, 1.165) is 18.9 Å². The van der Waals surface area contributed by atoms with Gasteiger partial charge < -0.3 is 10.0 Å². The number of amides is 1. The Bertz CT molecular complexity index is 611. The number of likely N-dealkylation sites (tertiary alicyclic amines) is 2. The third-order valence-electron chi connectivity index (χ3n) is 5.21. The molecule has 3 unspecified atom stereocenters. The maximum absolute atomic E-state index is 13.9. The second-order valence-electron chi connectivity index (χ2n) is 6.98. The highest BCUT2D eigenvalue weighted by molar-refractivity contribution is 5.82. The molecule has 0 radical (unpaired) electrons. The number of rotatable bonds is 3. The van der Waals surface area contributed by atoms with Gasteiger partial charge in [-0.15, -0.1) is 0 Å². The van der Waals surface area contributed by atoms with Crippen molar-refractivity contribution in [2.24, 2.45) is 5.92 Å². The van der Waals surface area contributed by atoms with Crippen LogP contribution in [0.4, 0.5) is 8.78 Å². The van der Waals surface area contributed by atoms with Gasteiger partial charge in [-0.3, -0.25) is 9.69 Å². The molecule has 0 aliphatic carbocycles. The fraction of sp³-hybridized carbons (Fsp3) is 0.611. The van der Waals surface area contributed by atoms with Gasteiger partial charge in [-0.05, 0) is 31.2 Å². The minimum absolute atomic E-state index is 0.00793. The van der Waals surface area contributed by atoms with Crippen LogP contribution in [0.2, 0.25) is 0 Å². The number of hydrogen-bond donors (Lipinski definition) is 1. The largest absolute Gasteiger partial charge is 0.393 e. The van der Waals surface area contributed by atoms with E-state index < -0.39 is 11.6 Å². The van der Waals surface area contributed by atoms with Gasteiger partial charge in [0.15, 0.2) is 0 Å². The van der Waals surface area contributed by atoms with Gasteiger partial charge in [-0.25, -0.2) is 8.78 Å². The topological polar surface area (TPSA) is 43.8 Å². The second kappa shape index (κ2) is 7.15. The highest BCUT2D eigenvalue weighted by Crippen LogP contribution is 2.25. The lowest BCUT2D eigenvalue weighted by Gasteiger charge is -2.42. The molecule has 132 valence electrons. The lowest BCUT2D eigenvalue weighted by atomic mass is 9.93. The van der Waals surface area contributed by atoms with E-state index in [1.165, 1.54) is 12.1 Å². The Hall–Kier alpha value is -1.53. The molecule has 3 rings (SSSR count). The molecule has 2 aliphatic rings. The molecule has 2 fully saturated rings. The van der Waals surface area contributed by atoms with E-state index in [0.29, 0.717) is 31.6 Å². The number of aliphatic hydroxyl groups is 1. The van der Waals surface area contributed by atoms with Crippen molar-refractivity contribution in [3.8, 4) is 0 Å². The predicted octanol–water partition coefficient (Wildman–Crippen LogP) is 2.16. The van der Waals surface area contributed by atoms with E-state index in [2.05, 4.69) is 4.90 Å². The number of piperidine rings is 2. The first-order valence-electron chi connectivity index (χ1n) is 8.60. The summed E-state index contributed by atoms with van der Waals surface area (Å²) in [6.45, 7) is 4.18. The van der Waals surface area contributed by atoms with Gasteiger partial charge in [0.25, 0.3) is 0 Å². The first kappa shape index (κ1) is 17.3. The molecule has 6 heteroatoms. The summed E-state index contributed by atoms with van der Waals surface area (Å²) in [6.07, 6.45) is 2.04. The smallest absolute Gasteiger partial charge is 0.240 e. The molecule has 0 saturated carbocycles. The number of carbonyl (C=O) groups is 1. The zero-order valence-corrected chi connectivity index (χ0v) is 13.9. The van der Waals surface area contributed by atoms with E-state index in [4.69, 9.17) is 0 Å². The number of benzene rings is 1. The molecule has 24 heavy (non-hydrogen) atoms. The first-order chi connectivity index (χ1) is 11.5. The van der Waals surface area contributed by atoms with Crippen LogP contribution in [0.5, 0.6) is 0 Å². The first-order valence-corrected chi connectivity index (χ1v) is 8.60. The van der Waals surface area contributed by atoms with Crippen molar-refractivity contribution < 1.29 is 18.7 Å². The Balaban J connectivity index is 1.68. The molecule has 1 N–H and O–H groups in total.